The first-order valence-corrected chi connectivity index (χ1v) is 9.56. The fourth-order valence-corrected chi connectivity index (χ4v) is 3.43. The average molecular weight is 394 g/mol. The minimum Gasteiger partial charge on any atom is -0.451 e. The lowest BCUT2D eigenvalue weighted by Gasteiger charge is -2.13. The van der Waals surface area contributed by atoms with Gasteiger partial charge in [-0.25, -0.2) is 4.79 Å². The number of aromatic nitrogens is 1. The van der Waals surface area contributed by atoms with E-state index in [0.717, 1.165) is 4.90 Å². The van der Waals surface area contributed by atoms with Gasteiger partial charge in [-0.3, -0.25) is 9.59 Å². The lowest BCUT2D eigenvalue weighted by Crippen LogP contribution is -2.25. The first-order chi connectivity index (χ1) is 12.2. The lowest BCUT2D eigenvalue weighted by molar-refractivity contribution is 0.0317. The topological polar surface area (TPSA) is 76.2 Å². The van der Waals surface area contributed by atoms with Gasteiger partial charge >= 0.3 is 5.97 Å². The monoisotopic (exact) mass is 393 g/mol. The van der Waals surface area contributed by atoms with Crippen LogP contribution >= 0.6 is 23.4 Å². The zero-order valence-corrected chi connectivity index (χ0v) is 16.8. The first kappa shape index (κ1) is 20.3. The van der Waals surface area contributed by atoms with Gasteiger partial charge in [-0.2, -0.15) is 0 Å². The molecular formula is C19H20ClNO4S. The highest BCUT2D eigenvalue weighted by Gasteiger charge is 2.27. The number of carbonyl (C=O) groups excluding carboxylic acids is 3. The Morgan fingerprint density at radius 2 is 1.88 bits per heavy atom. The molecule has 0 spiro atoms. The number of aryl methyl sites for hydroxylation is 1. The van der Waals surface area contributed by atoms with E-state index in [9.17, 15) is 14.4 Å². The Labute approximate surface area is 161 Å². The van der Waals surface area contributed by atoms with Crippen LogP contribution in [0, 0.1) is 13.8 Å². The van der Waals surface area contributed by atoms with Gasteiger partial charge in [0.25, 0.3) is 0 Å². The summed E-state index contributed by atoms with van der Waals surface area (Å²) >= 11 is 7.54. The molecule has 2 aromatic rings. The number of hydrogen-bond donors (Lipinski definition) is 1. The zero-order chi connectivity index (χ0) is 19.6. The number of ketones is 2. The van der Waals surface area contributed by atoms with Gasteiger partial charge in [-0.15, -0.1) is 11.8 Å². The SMILES string of the molecule is CSc1ccc(Cl)c(C(=O)O[C@@H](C)C(=O)c2[nH]c(C)c(C(C)=O)c2C)c1. The zero-order valence-electron chi connectivity index (χ0n) is 15.2. The molecular weight excluding hydrogens is 374 g/mol. The number of Topliss-reactive ketones (excluding diaryl/α,β-unsaturated/α-hetero) is 2. The molecule has 0 aliphatic rings. The van der Waals surface area contributed by atoms with Crippen molar-refractivity contribution < 1.29 is 19.1 Å². The summed E-state index contributed by atoms with van der Waals surface area (Å²) in [6.07, 6.45) is 0.862. The van der Waals surface area contributed by atoms with Gasteiger partial charge in [-0.05, 0) is 57.7 Å². The van der Waals surface area contributed by atoms with Crippen molar-refractivity contribution in [2.45, 2.75) is 38.7 Å². The maximum Gasteiger partial charge on any atom is 0.340 e. The molecule has 138 valence electrons. The standard InChI is InChI=1S/C19H20ClNO4S/c1-9-16(11(3)22)10(2)21-17(9)18(23)12(4)25-19(24)14-8-13(26-5)6-7-15(14)20/h6-8,12,21H,1-5H3/t12-/m0/s1. The molecule has 1 heterocycles. The number of benzene rings is 1. The summed E-state index contributed by atoms with van der Waals surface area (Å²) in [5, 5.41) is 0.262. The largest absolute Gasteiger partial charge is 0.451 e. The molecule has 0 aliphatic heterocycles. The van der Waals surface area contributed by atoms with Crippen molar-refractivity contribution in [3.05, 3.63) is 51.3 Å². The molecule has 0 fully saturated rings. The van der Waals surface area contributed by atoms with Crippen LogP contribution in [0.25, 0.3) is 0 Å². The van der Waals surface area contributed by atoms with Gasteiger partial charge in [0.2, 0.25) is 5.78 Å². The van der Waals surface area contributed by atoms with Crippen molar-refractivity contribution in [2.24, 2.45) is 0 Å². The van der Waals surface area contributed by atoms with Gasteiger partial charge in [0.1, 0.15) is 0 Å². The lowest BCUT2D eigenvalue weighted by atomic mass is 10.0. The number of ether oxygens (including phenoxy) is 1. The van der Waals surface area contributed by atoms with E-state index in [1.165, 1.54) is 25.6 Å². The van der Waals surface area contributed by atoms with Gasteiger partial charge in [-0.1, -0.05) is 11.6 Å². The van der Waals surface area contributed by atoms with Crippen molar-refractivity contribution in [1.82, 2.24) is 4.98 Å². The van der Waals surface area contributed by atoms with Crippen LogP contribution in [-0.2, 0) is 4.74 Å². The Hall–Kier alpha value is -2.05. The number of hydrogen-bond acceptors (Lipinski definition) is 5. The minimum atomic E-state index is -1.02. The third-order valence-electron chi connectivity index (χ3n) is 4.08. The summed E-state index contributed by atoms with van der Waals surface area (Å²) in [5.41, 5.74) is 2.15. The van der Waals surface area contributed by atoms with Crippen molar-refractivity contribution >= 4 is 40.9 Å². The number of esters is 1. The number of H-pyrrole nitrogens is 1. The molecule has 0 saturated carbocycles. The fourth-order valence-electron chi connectivity index (χ4n) is 2.79. The second-order valence-corrected chi connectivity index (χ2v) is 7.23. The Kier molecular flexibility index (Phi) is 6.31. The summed E-state index contributed by atoms with van der Waals surface area (Å²) in [7, 11) is 0. The Balaban J connectivity index is 2.24. The fraction of sp³-hybridized carbons (Fsp3) is 0.316. The third-order valence-corrected chi connectivity index (χ3v) is 5.14. The van der Waals surface area contributed by atoms with Gasteiger partial charge in [0.15, 0.2) is 11.9 Å². The molecule has 5 nitrogen and oxygen atoms in total. The van der Waals surface area contributed by atoms with E-state index in [4.69, 9.17) is 16.3 Å². The summed E-state index contributed by atoms with van der Waals surface area (Å²) in [6.45, 7) is 6.36. The smallest absolute Gasteiger partial charge is 0.340 e. The van der Waals surface area contributed by atoms with Crippen molar-refractivity contribution in [2.75, 3.05) is 6.26 Å². The second kappa shape index (κ2) is 8.10. The molecule has 26 heavy (non-hydrogen) atoms. The summed E-state index contributed by atoms with van der Waals surface area (Å²) in [4.78, 5) is 40.6. The molecule has 7 heteroatoms. The summed E-state index contributed by atoms with van der Waals surface area (Å²) < 4.78 is 5.31. The van der Waals surface area contributed by atoms with Crippen LogP contribution in [0.2, 0.25) is 5.02 Å². The maximum atomic E-state index is 12.7. The average Bonchev–Trinajstić information content (AvgIpc) is 2.88. The van der Waals surface area contributed by atoms with Crippen molar-refractivity contribution in [3.8, 4) is 0 Å². The molecule has 0 amide bonds. The molecule has 0 bridgehead atoms. The van der Waals surface area contributed by atoms with Crippen molar-refractivity contribution in [3.63, 3.8) is 0 Å². The predicted molar refractivity (Wildman–Crippen MR) is 103 cm³/mol. The Bertz CT molecular complexity index is 888. The quantitative estimate of drug-likeness (QED) is 0.439. The highest BCUT2D eigenvalue weighted by Crippen LogP contribution is 2.25. The first-order valence-electron chi connectivity index (χ1n) is 7.96. The normalized spacial score (nSPS) is 11.9. The Morgan fingerprint density at radius 3 is 2.42 bits per heavy atom. The maximum absolute atomic E-state index is 12.7. The molecule has 1 aromatic carbocycles. The molecule has 1 N–H and O–H groups in total. The van der Waals surface area contributed by atoms with Gasteiger partial charge < -0.3 is 9.72 Å². The van der Waals surface area contributed by atoms with Crippen LogP contribution < -0.4 is 0 Å². The van der Waals surface area contributed by atoms with Crippen LogP contribution in [0.4, 0.5) is 0 Å². The van der Waals surface area contributed by atoms with Crippen LogP contribution in [0.5, 0.6) is 0 Å². The van der Waals surface area contributed by atoms with Crippen LogP contribution in [0.3, 0.4) is 0 Å². The summed E-state index contributed by atoms with van der Waals surface area (Å²) in [6, 6.07) is 5.05. The number of nitrogens with one attached hydrogen (secondary N) is 1. The number of rotatable bonds is 6. The molecule has 0 saturated heterocycles. The van der Waals surface area contributed by atoms with E-state index in [2.05, 4.69) is 4.98 Å². The van der Waals surface area contributed by atoms with Crippen LogP contribution in [0.15, 0.2) is 23.1 Å². The van der Waals surface area contributed by atoms with Crippen molar-refractivity contribution in [1.29, 1.82) is 0 Å². The Morgan fingerprint density at radius 1 is 1.23 bits per heavy atom. The van der Waals surface area contributed by atoms with E-state index in [1.54, 1.807) is 32.0 Å². The van der Waals surface area contributed by atoms with E-state index in [-0.39, 0.29) is 22.1 Å². The minimum absolute atomic E-state index is 0.124. The predicted octanol–water partition coefficient (Wildman–Crippen LogP) is 4.64. The molecule has 1 atom stereocenters. The molecule has 2 rings (SSSR count). The van der Waals surface area contributed by atoms with Crippen LogP contribution in [-0.4, -0.2) is 34.9 Å². The van der Waals surface area contributed by atoms with E-state index < -0.39 is 17.9 Å². The highest BCUT2D eigenvalue weighted by molar-refractivity contribution is 7.98. The molecule has 1 aromatic heterocycles. The van der Waals surface area contributed by atoms with Gasteiger partial charge in [0, 0.05) is 16.2 Å². The molecule has 0 radical (unpaired) electrons. The number of aromatic amines is 1. The van der Waals surface area contributed by atoms with E-state index >= 15 is 0 Å². The molecule has 0 aliphatic carbocycles. The number of thioether (sulfide) groups is 1. The number of carbonyl (C=O) groups is 3. The van der Waals surface area contributed by atoms with E-state index in [1.807, 2.05) is 6.26 Å². The van der Waals surface area contributed by atoms with E-state index in [0.29, 0.717) is 16.8 Å². The van der Waals surface area contributed by atoms with Crippen LogP contribution in [0.1, 0.15) is 56.3 Å². The summed E-state index contributed by atoms with van der Waals surface area (Å²) in [5.74, 6) is -1.19. The number of halogens is 1. The third kappa shape index (κ3) is 4.02. The van der Waals surface area contributed by atoms with Gasteiger partial charge in [0.05, 0.1) is 16.3 Å². The second-order valence-electron chi connectivity index (χ2n) is 5.94. The molecule has 0 unspecified atom stereocenters. The highest BCUT2D eigenvalue weighted by atomic mass is 35.5.